The summed E-state index contributed by atoms with van der Waals surface area (Å²) in [6, 6.07) is 17.0. The first-order chi connectivity index (χ1) is 8.89. The molecule has 0 spiro atoms. The molecule has 0 aliphatic heterocycles. The number of hydrogen-bond donors (Lipinski definition) is 0. The first-order valence-corrected chi connectivity index (χ1v) is 6.55. The van der Waals surface area contributed by atoms with Gasteiger partial charge in [0.2, 0.25) is 0 Å². The standard InChI is InChI=1S/C17H12O/c18-9-17-12-7-3-1-5-10(12)14-15(16(14)17)11-6-2-4-8-13(11)17/h1-9,14-16H/t14-,15-,16?,17?/m1/s1. The van der Waals surface area contributed by atoms with Gasteiger partial charge in [-0.3, -0.25) is 0 Å². The molecule has 5 rings (SSSR count). The Kier molecular flexibility index (Phi) is 1.31. The molecule has 0 aromatic heterocycles. The number of carbonyl (C=O) groups is 1. The van der Waals surface area contributed by atoms with Crippen molar-refractivity contribution >= 4 is 6.29 Å². The van der Waals surface area contributed by atoms with E-state index in [4.69, 9.17) is 0 Å². The lowest BCUT2D eigenvalue weighted by molar-refractivity contribution is -0.111. The highest BCUT2D eigenvalue weighted by Crippen LogP contribution is 2.79. The van der Waals surface area contributed by atoms with Crippen molar-refractivity contribution in [1.29, 1.82) is 0 Å². The molecular weight excluding hydrogens is 220 g/mol. The quantitative estimate of drug-likeness (QED) is 0.691. The fourth-order valence-corrected chi connectivity index (χ4v) is 4.69. The molecule has 0 amide bonds. The predicted molar refractivity (Wildman–Crippen MR) is 68.7 cm³/mol. The van der Waals surface area contributed by atoms with Gasteiger partial charge in [0.1, 0.15) is 6.29 Å². The van der Waals surface area contributed by atoms with Crippen molar-refractivity contribution < 1.29 is 4.79 Å². The number of fused-ring (bicyclic) bond motifs is 7. The van der Waals surface area contributed by atoms with Gasteiger partial charge in [-0.1, -0.05) is 48.5 Å². The van der Waals surface area contributed by atoms with Gasteiger partial charge in [0.15, 0.2) is 0 Å². The molecule has 0 heterocycles. The molecule has 2 aromatic rings. The van der Waals surface area contributed by atoms with Crippen molar-refractivity contribution in [3.63, 3.8) is 0 Å². The van der Waals surface area contributed by atoms with Gasteiger partial charge in [-0.05, 0) is 40.0 Å². The van der Waals surface area contributed by atoms with Crippen LogP contribution in [-0.2, 0) is 10.2 Å². The van der Waals surface area contributed by atoms with Crippen molar-refractivity contribution in [2.24, 2.45) is 5.92 Å². The van der Waals surface area contributed by atoms with Crippen molar-refractivity contribution in [2.45, 2.75) is 17.3 Å². The summed E-state index contributed by atoms with van der Waals surface area (Å²) in [6.45, 7) is 0. The summed E-state index contributed by atoms with van der Waals surface area (Å²) in [6.07, 6.45) is 1.21. The summed E-state index contributed by atoms with van der Waals surface area (Å²) in [5.74, 6) is 1.70. The lowest BCUT2D eigenvalue weighted by Crippen LogP contribution is -2.28. The van der Waals surface area contributed by atoms with Crippen LogP contribution in [0.3, 0.4) is 0 Å². The molecule has 3 aliphatic rings. The van der Waals surface area contributed by atoms with Crippen molar-refractivity contribution in [3.8, 4) is 0 Å². The van der Waals surface area contributed by atoms with Gasteiger partial charge in [-0.25, -0.2) is 0 Å². The third-order valence-electron chi connectivity index (χ3n) is 5.26. The van der Waals surface area contributed by atoms with E-state index in [2.05, 4.69) is 48.5 Å². The van der Waals surface area contributed by atoms with Crippen molar-refractivity contribution in [1.82, 2.24) is 0 Å². The average molecular weight is 232 g/mol. The summed E-state index contributed by atoms with van der Waals surface area (Å²) in [4.78, 5) is 11.9. The molecule has 1 nitrogen and oxygen atoms in total. The Hall–Kier alpha value is -1.89. The number of carbonyl (C=O) groups excluding carboxylic acids is 1. The maximum atomic E-state index is 11.9. The minimum atomic E-state index is -0.331. The van der Waals surface area contributed by atoms with Gasteiger partial charge in [-0.2, -0.15) is 0 Å². The lowest BCUT2D eigenvalue weighted by atomic mass is 9.77. The SMILES string of the molecule is O=CC12c3ccccc3[C@H]3C1[C@@H]3c1ccccc12. The van der Waals surface area contributed by atoms with Crippen LogP contribution in [0, 0.1) is 5.92 Å². The molecular formula is C17H12O. The van der Waals surface area contributed by atoms with Crippen molar-refractivity contribution in [2.75, 3.05) is 0 Å². The molecule has 3 aliphatic carbocycles. The molecule has 0 saturated heterocycles. The second-order valence-electron chi connectivity index (χ2n) is 5.74. The second kappa shape index (κ2) is 2.59. The number of hydrogen-bond acceptors (Lipinski definition) is 1. The van der Waals surface area contributed by atoms with E-state index in [1.807, 2.05) is 0 Å². The fraction of sp³-hybridized carbons (Fsp3) is 0.235. The fourth-order valence-electron chi connectivity index (χ4n) is 4.69. The average Bonchev–Trinajstić information content (AvgIpc) is 3.03. The maximum absolute atomic E-state index is 11.9. The van der Waals surface area contributed by atoms with Gasteiger partial charge in [0.25, 0.3) is 0 Å². The highest BCUT2D eigenvalue weighted by Gasteiger charge is 2.73. The zero-order valence-electron chi connectivity index (χ0n) is 9.84. The molecule has 0 radical (unpaired) electrons. The van der Waals surface area contributed by atoms with Crippen LogP contribution in [-0.4, -0.2) is 6.29 Å². The zero-order chi connectivity index (χ0) is 11.9. The summed E-state index contributed by atoms with van der Waals surface area (Å²) in [7, 11) is 0. The third kappa shape index (κ3) is 0.694. The Morgan fingerprint density at radius 2 is 1.33 bits per heavy atom. The molecule has 1 fully saturated rings. The first-order valence-electron chi connectivity index (χ1n) is 6.55. The van der Waals surface area contributed by atoms with E-state index in [0.29, 0.717) is 17.8 Å². The van der Waals surface area contributed by atoms with Gasteiger partial charge in [-0.15, -0.1) is 0 Å². The predicted octanol–water partition coefficient (Wildman–Crippen LogP) is 3.00. The Balaban J connectivity index is 1.93. The van der Waals surface area contributed by atoms with Crippen LogP contribution < -0.4 is 0 Å². The van der Waals surface area contributed by atoms with Crippen LogP contribution >= 0.6 is 0 Å². The van der Waals surface area contributed by atoms with Gasteiger partial charge >= 0.3 is 0 Å². The van der Waals surface area contributed by atoms with E-state index in [0.717, 1.165) is 0 Å². The van der Waals surface area contributed by atoms with Gasteiger partial charge < -0.3 is 4.79 Å². The van der Waals surface area contributed by atoms with Gasteiger partial charge in [0.05, 0.1) is 5.41 Å². The summed E-state index contributed by atoms with van der Waals surface area (Å²) < 4.78 is 0. The molecule has 86 valence electrons. The number of aldehydes is 1. The van der Waals surface area contributed by atoms with E-state index >= 15 is 0 Å². The lowest BCUT2D eigenvalue weighted by Gasteiger charge is -2.24. The highest BCUT2D eigenvalue weighted by molar-refractivity contribution is 5.86. The highest BCUT2D eigenvalue weighted by atomic mass is 16.1. The van der Waals surface area contributed by atoms with Crippen LogP contribution in [0.4, 0.5) is 0 Å². The van der Waals surface area contributed by atoms with E-state index in [-0.39, 0.29) is 5.41 Å². The zero-order valence-corrected chi connectivity index (χ0v) is 9.84. The molecule has 0 bridgehead atoms. The smallest absolute Gasteiger partial charge is 0.135 e. The number of benzene rings is 2. The van der Waals surface area contributed by atoms with Crippen LogP contribution in [0.2, 0.25) is 0 Å². The van der Waals surface area contributed by atoms with Gasteiger partial charge in [0, 0.05) is 0 Å². The van der Waals surface area contributed by atoms with E-state index in [1.54, 1.807) is 0 Å². The van der Waals surface area contributed by atoms with Crippen LogP contribution in [0.25, 0.3) is 0 Å². The second-order valence-corrected chi connectivity index (χ2v) is 5.74. The summed E-state index contributed by atoms with van der Waals surface area (Å²) >= 11 is 0. The van der Waals surface area contributed by atoms with E-state index < -0.39 is 0 Å². The topological polar surface area (TPSA) is 17.1 Å². The molecule has 0 unspecified atom stereocenters. The Bertz CT molecular complexity index is 647. The summed E-state index contributed by atoms with van der Waals surface area (Å²) in [5, 5.41) is 0. The van der Waals surface area contributed by atoms with E-state index in [1.165, 1.54) is 28.5 Å². The van der Waals surface area contributed by atoms with E-state index in [9.17, 15) is 4.79 Å². The number of rotatable bonds is 1. The molecule has 1 heteroatoms. The molecule has 2 atom stereocenters. The molecule has 2 aromatic carbocycles. The molecule has 18 heavy (non-hydrogen) atoms. The first kappa shape index (κ1) is 9.09. The molecule has 0 N–H and O–H groups in total. The maximum Gasteiger partial charge on any atom is 0.135 e. The summed E-state index contributed by atoms with van der Waals surface area (Å²) in [5.41, 5.74) is 5.02. The Morgan fingerprint density at radius 1 is 0.833 bits per heavy atom. The Labute approximate surface area is 105 Å². The third-order valence-corrected chi connectivity index (χ3v) is 5.26. The minimum absolute atomic E-state index is 0.331. The van der Waals surface area contributed by atoms with Crippen LogP contribution in [0.15, 0.2) is 48.5 Å². The monoisotopic (exact) mass is 232 g/mol. The van der Waals surface area contributed by atoms with Crippen LogP contribution in [0.5, 0.6) is 0 Å². The largest absolute Gasteiger partial charge is 0.302 e. The van der Waals surface area contributed by atoms with Crippen molar-refractivity contribution in [3.05, 3.63) is 70.8 Å². The van der Waals surface area contributed by atoms with Crippen LogP contribution in [0.1, 0.15) is 34.1 Å². The Morgan fingerprint density at radius 3 is 1.83 bits per heavy atom. The normalized spacial score (nSPS) is 36.8. The minimum Gasteiger partial charge on any atom is -0.302 e. The molecule has 1 saturated carbocycles.